The molecule has 0 aliphatic carbocycles. The molecule has 1 unspecified atom stereocenters. The molecule has 2 aromatic carbocycles. The lowest BCUT2D eigenvalue weighted by atomic mass is 10.0. The number of benzene rings is 2. The maximum Gasteiger partial charge on any atom is 0.165 e. The second-order valence-electron chi connectivity index (χ2n) is 5.03. The third-order valence-corrected chi connectivity index (χ3v) is 3.55. The molecule has 112 valence electrons. The molecule has 0 amide bonds. The summed E-state index contributed by atoms with van der Waals surface area (Å²) in [6.45, 7) is 3.80. The predicted molar refractivity (Wildman–Crippen MR) is 79.3 cm³/mol. The predicted octanol–water partition coefficient (Wildman–Crippen LogP) is 4.39. The van der Waals surface area contributed by atoms with E-state index in [9.17, 15) is 8.78 Å². The Hall–Kier alpha value is -1.94. The van der Waals surface area contributed by atoms with Crippen molar-refractivity contribution in [3.8, 4) is 5.75 Å². The summed E-state index contributed by atoms with van der Waals surface area (Å²) in [5.41, 5.74) is 1.38. The van der Waals surface area contributed by atoms with Crippen molar-refractivity contribution in [3.05, 3.63) is 65.2 Å². The number of methoxy groups -OCH3 is 1. The van der Waals surface area contributed by atoms with Crippen molar-refractivity contribution >= 4 is 0 Å². The minimum Gasteiger partial charge on any atom is -0.494 e. The van der Waals surface area contributed by atoms with Crippen molar-refractivity contribution in [1.82, 2.24) is 5.32 Å². The van der Waals surface area contributed by atoms with Crippen LogP contribution >= 0.6 is 0 Å². The highest BCUT2D eigenvalue weighted by molar-refractivity contribution is 5.31. The lowest BCUT2D eigenvalue weighted by molar-refractivity contribution is 0.385. The zero-order valence-electron chi connectivity index (χ0n) is 12.4. The molecule has 0 aliphatic heterocycles. The van der Waals surface area contributed by atoms with Gasteiger partial charge in [0, 0.05) is 17.6 Å². The Bertz CT molecular complexity index is 615. The van der Waals surface area contributed by atoms with Gasteiger partial charge in [-0.1, -0.05) is 24.3 Å². The van der Waals surface area contributed by atoms with Crippen LogP contribution in [-0.2, 0) is 0 Å². The average molecular weight is 291 g/mol. The topological polar surface area (TPSA) is 21.3 Å². The molecule has 4 heteroatoms. The lowest BCUT2D eigenvalue weighted by Crippen LogP contribution is -2.23. The first kappa shape index (κ1) is 15.4. The number of hydrogen-bond donors (Lipinski definition) is 1. The molecule has 0 aromatic heterocycles. The largest absolute Gasteiger partial charge is 0.494 e. The third-order valence-electron chi connectivity index (χ3n) is 3.55. The second-order valence-corrected chi connectivity index (χ2v) is 5.03. The summed E-state index contributed by atoms with van der Waals surface area (Å²) < 4.78 is 32.4. The molecule has 1 N–H and O–H groups in total. The van der Waals surface area contributed by atoms with E-state index in [1.807, 2.05) is 13.8 Å². The van der Waals surface area contributed by atoms with Gasteiger partial charge >= 0.3 is 0 Å². The van der Waals surface area contributed by atoms with Gasteiger partial charge in [0.1, 0.15) is 5.82 Å². The van der Waals surface area contributed by atoms with E-state index in [0.29, 0.717) is 5.56 Å². The molecule has 21 heavy (non-hydrogen) atoms. The van der Waals surface area contributed by atoms with Gasteiger partial charge in [-0.3, -0.25) is 0 Å². The molecule has 0 bridgehead atoms. The Labute approximate surface area is 123 Å². The van der Waals surface area contributed by atoms with Crippen LogP contribution in [-0.4, -0.2) is 7.11 Å². The van der Waals surface area contributed by atoms with Crippen molar-refractivity contribution in [2.24, 2.45) is 0 Å². The van der Waals surface area contributed by atoms with E-state index in [1.54, 1.807) is 30.3 Å². The molecular weight excluding hydrogens is 272 g/mol. The van der Waals surface area contributed by atoms with Crippen LogP contribution in [0.2, 0.25) is 0 Å². The molecule has 0 radical (unpaired) electrons. The minimum absolute atomic E-state index is 0.111. The molecule has 2 aromatic rings. The van der Waals surface area contributed by atoms with E-state index in [1.165, 1.54) is 19.2 Å². The van der Waals surface area contributed by atoms with Crippen molar-refractivity contribution in [3.63, 3.8) is 0 Å². The van der Waals surface area contributed by atoms with Crippen molar-refractivity contribution in [2.75, 3.05) is 7.11 Å². The number of nitrogens with one attached hydrogen (secondary N) is 1. The molecule has 0 saturated heterocycles. The molecule has 2 atom stereocenters. The Balaban J connectivity index is 2.12. The van der Waals surface area contributed by atoms with Gasteiger partial charge in [0.15, 0.2) is 11.6 Å². The minimum atomic E-state index is -0.401. The first-order chi connectivity index (χ1) is 10.0. The molecule has 0 aliphatic rings. The van der Waals surface area contributed by atoms with Gasteiger partial charge in [0.2, 0.25) is 0 Å². The van der Waals surface area contributed by atoms with Crippen LogP contribution in [0.1, 0.15) is 37.1 Å². The van der Waals surface area contributed by atoms with Crippen LogP contribution < -0.4 is 10.1 Å². The van der Waals surface area contributed by atoms with Gasteiger partial charge in [-0.25, -0.2) is 8.78 Å². The van der Waals surface area contributed by atoms with Gasteiger partial charge in [-0.15, -0.1) is 0 Å². The fourth-order valence-electron chi connectivity index (χ4n) is 2.34. The summed E-state index contributed by atoms with van der Waals surface area (Å²) in [7, 11) is 1.43. The Morgan fingerprint density at radius 1 is 0.952 bits per heavy atom. The van der Waals surface area contributed by atoms with Crippen molar-refractivity contribution in [2.45, 2.75) is 25.9 Å². The smallest absolute Gasteiger partial charge is 0.165 e. The average Bonchev–Trinajstić information content (AvgIpc) is 2.47. The van der Waals surface area contributed by atoms with Crippen LogP contribution in [0.5, 0.6) is 5.75 Å². The van der Waals surface area contributed by atoms with Crippen molar-refractivity contribution in [1.29, 1.82) is 0 Å². The highest BCUT2D eigenvalue weighted by Gasteiger charge is 2.15. The van der Waals surface area contributed by atoms with E-state index in [4.69, 9.17) is 4.74 Å². The zero-order chi connectivity index (χ0) is 15.4. The van der Waals surface area contributed by atoms with Crippen molar-refractivity contribution < 1.29 is 13.5 Å². The molecule has 0 heterocycles. The fourth-order valence-corrected chi connectivity index (χ4v) is 2.34. The van der Waals surface area contributed by atoms with Gasteiger partial charge in [-0.05, 0) is 37.6 Å². The standard InChI is InChI=1S/C17H19F2NO/c1-11(13-8-9-17(21-3)16(19)10-13)20-12(2)14-6-4-5-7-15(14)18/h4-12,20H,1-3H3/t11?,12-/m1/s1. The number of halogens is 2. The molecule has 2 nitrogen and oxygen atoms in total. The first-order valence-electron chi connectivity index (χ1n) is 6.87. The Kier molecular flexibility index (Phi) is 4.91. The summed E-state index contributed by atoms with van der Waals surface area (Å²) in [6, 6.07) is 11.2. The lowest BCUT2D eigenvalue weighted by Gasteiger charge is -2.21. The summed E-state index contributed by atoms with van der Waals surface area (Å²) in [5, 5.41) is 3.27. The normalized spacial score (nSPS) is 13.8. The van der Waals surface area contributed by atoms with E-state index in [2.05, 4.69) is 5.32 Å². The highest BCUT2D eigenvalue weighted by atomic mass is 19.1. The number of rotatable bonds is 5. The van der Waals surface area contributed by atoms with Gasteiger partial charge < -0.3 is 10.1 Å². The zero-order valence-corrected chi connectivity index (χ0v) is 12.4. The quantitative estimate of drug-likeness (QED) is 0.882. The van der Waals surface area contributed by atoms with Gasteiger partial charge in [0.25, 0.3) is 0 Å². The Morgan fingerprint density at radius 2 is 1.67 bits per heavy atom. The van der Waals surface area contributed by atoms with E-state index in [-0.39, 0.29) is 23.7 Å². The second kappa shape index (κ2) is 6.68. The molecule has 2 rings (SSSR count). The summed E-state index contributed by atoms with van der Waals surface area (Å²) in [5.74, 6) is -0.430. The molecule has 0 spiro atoms. The van der Waals surface area contributed by atoms with Gasteiger partial charge in [0.05, 0.1) is 7.11 Å². The van der Waals surface area contributed by atoms with E-state index < -0.39 is 5.82 Å². The molecule has 0 saturated carbocycles. The Morgan fingerprint density at radius 3 is 2.29 bits per heavy atom. The first-order valence-corrected chi connectivity index (χ1v) is 6.87. The summed E-state index contributed by atoms with van der Waals surface area (Å²) in [4.78, 5) is 0. The monoisotopic (exact) mass is 291 g/mol. The number of hydrogen-bond acceptors (Lipinski definition) is 2. The maximum absolute atomic E-state index is 13.7. The SMILES string of the molecule is COc1ccc(C(C)N[C@H](C)c2ccccc2F)cc1F. The van der Waals surface area contributed by atoms with Crippen LogP contribution in [0, 0.1) is 11.6 Å². The van der Waals surface area contributed by atoms with Gasteiger partial charge in [-0.2, -0.15) is 0 Å². The van der Waals surface area contributed by atoms with Crippen LogP contribution in [0.3, 0.4) is 0 Å². The molecule has 0 fully saturated rings. The number of ether oxygens (including phenoxy) is 1. The van der Waals surface area contributed by atoms with Crippen LogP contribution in [0.25, 0.3) is 0 Å². The summed E-state index contributed by atoms with van der Waals surface area (Å²) in [6.07, 6.45) is 0. The van der Waals surface area contributed by atoms with Crippen LogP contribution in [0.15, 0.2) is 42.5 Å². The summed E-state index contributed by atoms with van der Waals surface area (Å²) >= 11 is 0. The van der Waals surface area contributed by atoms with Crippen LogP contribution in [0.4, 0.5) is 8.78 Å². The fraction of sp³-hybridized carbons (Fsp3) is 0.294. The molecular formula is C17H19F2NO. The van der Waals surface area contributed by atoms with E-state index >= 15 is 0 Å². The van der Waals surface area contributed by atoms with E-state index in [0.717, 1.165) is 5.56 Å². The maximum atomic E-state index is 13.7. The highest BCUT2D eigenvalue weighted by Crippen LogP contribution is 2.24. The third kappa shape index (κ3) is 3.58.